The highest BCUT2D eigenvalue weighted by molar-refractivity contribution is 6.34. The Hall–Kier alpha value is -0.340. The van der Waals surface area contributed by atoms with Gasteiger partial charge in [0.2, 0.25) is 0 Å². The normalized spacial score (nSPS) is 26.3. The van der Waals surface area contributed by atoms with E-state index >= 15 is 0 Å². The van der Waals surface area contributed by atoms with Gasteiger partial charge in [-0.05, 0) is 6.92 Å². The van der Waals surface area contributed by atoms with E-state index in [4.69, 9.17) is 16.3 Å². The van der Waals surface area contributed by atoms with Gasteiger partial charge in [-0.25, -0.2) is 0 Å². The molecule has 1 aliphatic rings. The van der Waals surface area contributed by atoms with Crippen LogP contribution in [0.25, 0.3) is 0 Å². The predicted molar refractivity (Wildman–Crippen MR) is 39.0 cm³/mol. The molecule has 0 spiro atoms. The Balaban J connectivity index is 2.83. The number of carbonyl (C=O) groups is 1. The molecule has 0 aromatic carbocycles. The van der Waals surface area contributed by atoms with Crippen LogP contribution in [0.15, 0.2) is 10.6 Å². The summed E-state index contributed by atoms with van der Waals surface area (Å²) in [5, 5.41) is 0.563. The molecule has 1 atom stereocenters. The van der Waals surface area contributed by atoms with Crippen LogP contribution in [0.5, 0.6) is 0 Å². The first-order valence-corrected chi connectivity index (χ1v) is 3.47. The van der Waals surface area contributed by atoms with Crippen molar-refractivity contribution >= 4 is 17.4 Å². The summed E-state index contributed by atoms with van der Waals surface area (Å²) in [4.78, 5) is 10.9. The molecule has 0 saturated carbocycles. The van der Waals surface area contributed by atoms with Crippen LogP contribution in [0.2, 0.25) is 0 Å². The lowest BCUT2D eigenvalue weighted by Crippen LogP contribution is -2.07. The molecule has 1 rings (SSSR count). The highest BCUT2D eigenvalue weighted by atomic mass is 35.5. The van der Waals surface area contributed by atoms with Crippen LogP contribution in [0.4, 0.5) is 0 Å². The molecule has 0 heterocycles. The number of rotatable bonds is 1. The topological polar surface area (TPSA) is 26.3 Å². The lowest BCUT2D eigenvalue weighted by Gasteiger charge is -2.04. The fourth-order valence-corrected chi connectivity index (χ4v) is 1.24. The van der Waals surface area contributed by atoms with Gasteiger partial charge in [-0.2, -0.15) is 0 Å². The van der Waals surface area contributed by atoms with Crippen molar-refractivity contribution in [3.8, 4) is 0 Å². The maximum atomic E-state index is 10.9. The Morgan fingerprint density at radius 3 is 2.50 bits per heavy atom. The molecule has 0 bridgehead atoms. The number of carbonyl (C=O) groups excluding carboxylic acids is 1. The van der Waals surface area contributed by atoms with E-state index in [1.807, 2.05) is 0 Å². The van der Waals surface area contributed by atoms with Crippen molar-refractivity contribution in [1.82, 2.24) is 0 Å². The number of methoxy groups -OCH3 is 1. The van der Waals surface area contributed by atoms with E-state index in [-0.39, 0.29) is 11.9 Å². The molecule has 0 fully saturated rings. The van der Waals surface area contributed by atoms with E-state index in [0.29, 0.717) is 17.0 Å². The van der Waals surface area contributed by atoms with Gasteiger partial charge in [0.1, 0.15) is 6.10 Å². The summed E-state index contributed by atoms with van der Waals surface area (Å²) in [6.07, 6.45) is 0.218. The van der Waals surface area contributed by atoms with E-state index in [1.54, 1.807) is 14.0 Å². The van der Waals surface area contributed by atoms with Crippen LogP contribution in [0, 0.1) is 0 Å². The molecule has 3 heteroatoms. The van der Waals surface area contributed by atoms with Crippen molar-refractivity contribution in [2.75, 3.05) is 7.11 Å². The van der Waals surface area contributed by atoms with Crippen molar-refractivity contribution in [3.63, 3.8) is 0 Å². The zero-order valence-electron chi connectivity index (χ0n) is 5.98. The van der Waals surface area contributed by atoms with Gasteiger partial charge >= 0.3 is 0 Å². The van der Waals surface area contributed by atoms with E-state index in [1.165, 1.54) is 0 Å². The minimum atomic E-state index is -0.186. The Morgan fingerprint density at radius 2 is 2.30 bits per heavy atom. The largest absolute Gasteiger partial charge is 0.375 e. The summed E-state index contributed by atoms with van der Waals surface area (Å²) in [5.41, 5.74) is 0.647. The highest BCUT2D eigenvalue weighted by Crippen LogP contribution is 2.27. The van der Waals surface area contributed by atoms with Crippen LogP contribution in [0.1, 0.15) is 13.3 Å². The van der Waals surface area contributed by atoms with Crippen molar-refractivity contribution in [2.24, 2.45) is 0 Å². The Labute approximate surface area is 64.8 Å². The third-order valence-corrected chi connectivity index (χ3v) is 2.24. The summed E-state index contributed by atoms with van der Waals surface area (Å²) < 4.78 is 4.95. The average Bonchev–Trinajstić information content (AvgIpc) is 2.17. The van der Waals surface area contributed by atoms with Crippen LogP contribution >= 0.6 is 11.6 Å². The van der Waals surface area contributed by atoms with Gasteiger partial charge in [-0.1, -0.05) is 11.6 Å². The highest BCUT2D eigenvalue weighted by Gasteiger charge is 2.27. The Morgan fingerprint density at radius 1 is 1.70 bits per heavy atom. The number of hydrogen-bond donors (Lipinski definition) is 0. The number of Topliss-reactive ketones (excluding diaryl/α,β-unsaturated/α-hetero) is 1. The smallest absolute Gasteiger partial charge is 0.162 e. The molecule has 0 amide bonds. The molecule has 0 aromatic heterocycles. The maximum absolute atomic E-state index is 10.9. The molecule has 0 N–H and O–H groups in total. The Bertz CT molecular complexity index is 196. The fraction of sp³-hybridized carbons (Fsp3) is 0.571. The molecular weight excluding hydrogens is 152 g/mol. The van der Waals surface area contributed by atoms with Gasteiger partial charge in [0.05, 0.1) is 5.03 Å². The third-order valence-electron chi connectivity index (χ3n) is 1.71. The van der Waals surface area contributed by atoms with Crippen LogP contribution in [-0.4, -0.2) is 19.0 Å². The minimum Gasteiger partial charge on any atom is -0.375 e. The summed E-state index contributed by atoms with van der Waals surface area (Å²) in [6, 6.07) is 0. The number of ketones is 1. The van der Waals surface area contributed by atoms with Gasteiger partial charge < -0.3 is 4.74 Å². The van der Waals surface area contributed by atoms with Gasteiger partial charge in [0.15, 0.2) is 5.78 Å². The molecule has 0 aliphatic heterocycles. The van der Waals surface area contributed by atoms with Crippen molar-refractivity contribution < 1.29 is 9.53 Å². The molecule has 10 heavy (non-hydrogen) atoms. The summed E-state index contributed by atoms with van der Waals surface area (Å²) in [7, 11) is 1.55. The number of halogens is 1. The fourth-order valence-electron chi connectivity index (χ4n) is 0.973. The molecule has 56 valence electrons. The van der Waals surface area contributed by atoms with Crippen LogP contribution in [-0.2, 0) is 9.53 Å². The number of ether oxygens (including phenoxy) is 1. The molecule has 0 aromatic rings. The first kappa shape index (κ1) is 7.76. The zero-order chi connectivity index (χ0) is 7.72. The van der Waals surface area contributed by atoms with Gasteiger partial charge in [-0.15, -0.1) is 0 Å². The van der Waals surface area contributed by atoms with Gasteiger partial charge in [0, 0.05) is 19.1 Å². The molecule has 1 aliphatic carbocycles. The number of allylic oxidation sites excluding steroid dienone is 1. The quantitative estimate of drug-likeness (QED) is 0.581. The van der Waals surface area contributed by atoms with Crippen molar-refractivity contribution in [3.05, 3.63) is 10.6 Å². The molecular formula is C7H9ClO2. The number of hydrogen-bond acceptors (Lipinski definition) is 2. The summed E-state index contributed by atoms with van der Waals surface area (Å²) in [5.74, 6) is 0.0943. The summed E-state index contributed by atoms with van der Waals surface area (Å²) >= 11 is 5.76. The van der Waals surface area contributed by atoms with Crippen molar-refractivity contribution in [1.29, 1.82) is 0 Å². The first-order valence-electron chi connectivity index (χ1n) is 3.09. The molecule has 0 saturated heterocycles. The Kier molecular flexibility index (Phi) is 2.11. The maximum Gasteiger partial charge on any atom is 0.162 e. The van der Waals surface area contributed by atoms with E-state index in [9.17, 15) is 4.79 Å². The van der Waals surface area contributed by atoms with Crippen molar-refractivity contribution in [2.45, 2.75) is 19.4 Å². The molecule has 1 unspecified atom stereocenters. The lowest BCUT2D eigenvalue weighted by molar-refractivity contribution is -0.116. The molecule has 0 radical (unpaired) electrons. The lowest BCUT2D eigenvalue weighted by atomic mass is 10.2. The summed E-state index contributed by atoms with van der Waals surface area (Å²) in [6.45, 7) is 1.73. The molecule has 2 nitrogen and oxygen atoms in total. The third kappa shape index (κ3) is 1.09. The van der Waals surface area contributed by atoms with Gasteiger partial charge in [-0.3, -0.25) is 4.79 Å². The van der Waals surface area contributed by atoms with Gasteiger partial charge in [0.25, 0.3) is 0 Å². The first-order chi connectivity index (χ1) is 4.66. The standard InChI is InChI=1S/C7H9ClO2/c1-4-5(9)3-6(10-2)7(4)8/h6H,3H2,1-2H3. The second-order valence-electron chi connectivity index (χ2n) is 2.32. The van der Waals surface area contributed by atoms with E-state index in [2.05, 4.69) is 0 Å². The van der Waals surface area contributed by atoms with Crippen LogP contribution in [0.3, 0.4) is 0 Å². The second kappa shape index (κ2) is 2.72. The second-order valence-corrected chi connectivity index (χ2v) is 2.73. The minimum absolute atomic E-state index is 0.0943. The van der Waals surface area contributed by atoms with E-state index in [0.717, 1.165) is 0 Å². The zero-order valence-corrected chi connectivity index (χ0v) is 6.73. The van der Waals surface area contributed by atoms with Crippen LogP contribution < -0.4 is 0 Å². The monoisotopic (exact) mass is 160 g/mol. The SMILES string of the molecule is COC1CC(=O)C(C)=C1Cl. The average molecular weight is 161 g/mol. The predicted octanol–water partition coefficient (Wildman–Crippen LogP) is 1.49. The van der Waals surface area contributed by atoms with E-state index < -0.39 is 0 Å².